The van der Waals surface area contributed by atoms with Crippen molar-refractivity contribution in [3.8, 4) is 28.4 Å². The number of para-hydroxylation sites is 1. The average Bonchev–Trinajstić information content (AvgIpc) is 3.29. The van der Waals surface area contributed by atoms with Crippen LogP contribution in [0.15, 0.2) is 72.9 Å². The highest BCUT2D eigenvalue weighted by Crippen LogP contribution is 2.36. The topological polar surface area (TPSA) is 78.6 Å². The maximum absolute atomic E-state index is 13.2. The molecule has 0 fully saturated rings. The van der Waals surface area contributed by atoms with Crippen molar-refractivity contribution in [3.63, 3.8) is 0 Å². The van der Waals surface area contributed by atoms with Crippen molar-refractivity contribution in [1.29, 1.82) is 0 Å². The van der Waals surface area contributed by atoms with Crippen LogP contribution in [0.1, 0.15) is 34.0 Å². The third kappa shape index (κ3) is 4.46. The summed E-state index contributed by atoms with van der Waals surface area (Å²) in [5, 5.41) is 25.5. The minimum absolute atomic E-state index is 0.119. The van der Waals surface area contributed by atoms with Crippen LogP contribution >= 0.6 is 0 Å². The summed E-state index contributed by atoms with van der Waals surface area (Å²) in [5.74, 6) is -0.733. The van der Waals surface area contributed by atoms with Crippen LogP contribution in [0.25, 0.3) is 16.9 Å². The Morgan fingerprint density at radius 1 is 0.970 bits per heavy atom. The summed E-state index contributed by atoms with van der Waals surface area (Å²) < 4.78 is 1.72. The van der Waals surface area contributed by atoms with Crippen LogP contribution in [0, 0.1) is 6.92 Å². The summed E-state index contributed by atoms with van der Waals surface area (Å²) in [4.78, 5) is 14.7. The molecule has 0 spiro atoms. The van der Waals surface area contributed by atoms with E-state index in [4.69, 9.17) is 0 Å². The molecule has 4 aromatic rings. The van der Waals surface area contributed by atoms with Crippen LogP contribution in [0.3, 0.4) is 0 Å². The van der Waals surface area contributed by atoms with Gasteiger partial charge in [-0.2, -0.15) is 5.10 Å². The van der Waals surface area contributed by atoms with Gasteiger partial charge < -0.3 is 15.1 Å². The summed E-state index contributed by atoms with van der Waals surface area (Å²) in [6.45, 7) is 4.48. The molecule has 2 N–H and O–H groups in total. The quantitative estimate of drug-likeness (QED) is 0.437. The van der Waals surface area contributed by atoms with Crippen LogP contribution in [-0.2, 0) is 13.0 Å². The first-order valence-corrected chi connectivity index (χ1v) is 10.9. The third-order valence-electron chi connectivity index (χ3n) is 5.80. The summed E-state index contributed by atoms with van der Waals surface area (Å²) in [6, 6.07) is 20.4. The molecule has 0 atom stereocenters. The molecule has 0 saturated heterocycles. The Labute approximate surface area is 193 Å². The Morgan fingerprint density at radius 2 is 1.67 bits per heavy atom. The average molecular weight is 442 g/mol. The number of benzene rings is 3. The molecule has 33 heavy (non-hydrogen) atoms. The van der Waals surface area contributed by atoms with Gasteiger partial charge in [0.2, 0.25) is 0 Å². The van der Waals surface area contributed by atoms with Gasteiger partial charge in [-0.25, -0.2) is 4.68 Å². The molecule has 1 amide bonds. The van der Waals surface area contributed by atoms with E-state index in [-0.39, 0.29) is 23.0 Å². The predicted molar refractivity (Wildman–Crippen MR) is 129 cm³/mol. The van der Waals surface area contributed by atoms with Gasteiger partial charge in [-0.15, -0.1) is 0 Å². The van der Waals surface area contributed by atoms with Crippen molar-refractivity contribution < 1.29 is 15.0 Å². The number of nitrogens with zero attached hydrogens (tertiary/aromatic N) is 3. The molecule has 168 valence electrons. The molecule has 0 radical (unpaired) electrons. The molecule has 0 saturated carbocycles. The molecular weight excluding hydrogens is 414 g/mol. The van der Waals surface area contributed by atoms with Crippen molar-refractivity contribution in [3.05, 3.63) is 95.2 Å². The molecule has 0 aliphatic carbocycles. The number of aromatic hydroxyl groups is 2. The summed E-state index contributed by atoms with van der Waals surface area (Å²) >= 11 is 0. The lowest BCUT2D eigenvalue weighted by atomic mass is 10.0. The lowest BCUT2D eigenvalue weighted by Gasteiger charge is -2.19. The largest absolute Gasteiger partial charge is 0.507 e. The number of phenols is 2. The van der Waals surface area contributed by atoms with Gasteiger partial charge in [0, 0.05) is 25.2 Å². The second-order valence-corrected chi connectivity index (χ2v) is 8.13. The lowest BCUT2D eigenvalue weighted by Crippen LogP contribution is -2.26. The molecule has 0 aliphatic heterocycles. The molecular formula is C27H27N3O3. The first kappa shape index (κ1) is 22.1. The molecule has 1 aromatic heterocycles. The van der Waals surface area contributed by atoms with Crippen molar-refractivity contribution >= 4 is 5.91 Å². The van der Waals surface area contributed by atoms with E-state index < -0.39 is 0 Å². The smallest absolute Gasteiger partial charge is 0.257 e. The van der Waals surface area contributed by atoms with Crippen LogP contribution < -0.4 is 0 Å². The molecule has 0 unspecified atom stereocenters. The zero-order chi connectivity index (χ0) is 23.5. The van der Waals surface area contributed by atoms with Crippen LogP contribution in [0.2, 0.25) is 0 Å². The van der Waals surface area contributed by atoms with Crippen LogP contribution in [-0.4, -0.2) is 37.8 Å². The minimum Gasteiger partial charge on any atom is -0.507 e. The normalized spacial score (nSPS) is 10.9. The summed E-state index contributed by atoms with van der Waals surface area (Å²) in [6.07, 6.45) is 2.60. The van der Waals surface area contributed by atoms with Gasteiger partial charge in [-0.05, 0) is 48.2 Å². The van der Waals surface area contributed by atoms with Gasteiger partial charge in [0.25, 0.3) is 5.91 Å². The molecule has 1 heterocycles. The van der Waals surface area contributed by atoms with E-state index in [9.17, 15) is 15.0 Å². The maximum atomic E-state index is 13.2. The van der Waals surface area contributed by atoms with E-state index in [0.717, 1.165) is 23.2 Å². The number of hydrogen-bond donors (Lipinski definition) is 2. The van der Waals surface area contributed by atoms with Crippen LogP contribution in [0.4, 0.5) is 0 Å². The highest BCUT2D eigenvalue weighted by Gasteiger charge is 2.21. The fourth-order valence-corrected chi connectivity index (χ4v) is 3.89. The highest BCUT2D eigenvalue weighted by atomic mass is 16.3. The number of phenolic OH excluding ortho intramolecular Hbond substituents is 2. The summed E-state index contributed by atoms with van der Waals surface area (Å²) in [7, 11) is 1.69. The second kappa shape index (κ2) is 9.20. The molecule has 6 nitrogen and oxygen atoms in total. The Hall–Kier alpha value is -4.06. The first-order valence-electron chi connectivity index (χ1n) is 10.9. The van der Waals surface area contributed by atoms with Crippen molar-refractivity contribution in [2.24, 2.45) is 0 Å². The fourth-order valence-electron chi connectivity index (χ4n) is 3.89. The minimum atomic E-state index is -0.338. The van der Waals surface area contributed by atoms with Crippen molar-refractivity contribution in [2.75, 3.05) is 7.05 Å². The molecule has 0 bridgehead atoms. The third-order valence-corrected chi connectivity index (χ3v) is 5.80. The van der Waals surface area contributed by atoms with Crippen LogP contribution in [0.5, 0.6) is 11.5 Å². The Morgan fingerprint density at radius 3 is 2.36 bits per heavy atom. The molecule has 4 rings (SSSR count). The molecule has 0 aliphatic rings. The Balaban J connectivity index is 1.68. The van der Waals surface area contributed by atoms with Gasteiger partial charge in [-0.3, -0.25) is 4.79 Å². The van der Waals surface area contributed by atoms with Gasteiger partial charge in [-0.1, -0.05) is 49.4 Å². The second-order valence-electron chi connectivity index (χ2n) is 8.13. The van der Waals surface area contributed by atoms with E-state index >= 15 is 0 Å². The molecule has 3 aromatic carbocycles. The number of amides is 1. The number of aromatic nitrogens is 2. The number of hydrogen-bond acceptors (Lipinski definition) is 4. The summed E-state index contributed by atoms with van der Waals surface area (Å²) in [5.41, 5.74) is 5.27. The molecule has 6 heteroatoms. The van der Waals surface area contributed by atoms with Crippen molar-refractivity contribution in [1.82, 2.24) is 14.7 Å². The number of aryl methyl sites for hydroxylation is 2. The zero-order valence-electron chi connectivity index (χ0n) is 19.0. The number of rotatable bonds is 6. The first-order chi connectivity index (χ1) is 15.9. The van der Waals surface area contributed by atoms with E-state index in [1.807, 2.05) is 43.3 Å². The van der Waals surface area contributed by atoms with Crippen molar-refractivity contribution in [2.45, 2.75) is 26.8 Å². The predicted octanol–water partition coefficient (Wildman–Crippen LogP) is 5.09. The van der Waals surface area contributed by atoms with Gasteiger partial charge in [0.05, 0.1) is 23.1 Å². The van der Waals surface area contributed by atoms with E-state index in [1.54, 1.807) is 28.9 Å². The van der Waals surface area contributed by atoms with E-state index in [2.05, 4.69) is 24.2 Å². The fraction of sp³-hybridized carbons (Fsp3) is 0.185. The SMILES string of the molecule is CCc1ccc(CN(C)C(=O)c2cc(-c3ccnn3-c3ccccc3C)c(O)cc2O)cc1. The Kier molecular flexibility index (Phi) is 6.18. The zero-order valence-corrected chi connectivity index (χ0v) is 19.0. The van der Waals surface area contributed by atoms with Gasteiger partial charge in [0.15, 0.2) is 0 Å². The maximum Gasteiger partial charge on any atom is 0.257 e. The van der Waals surface area contributed by atoms with Gasteiger partial charge in [0.1, 0.15) is 11.5 Å². The standard InChI is InChI=1S/C27H27N3O3/c1-4-19-9-11-20(12-10-19)17-29(3)27(33)22-15-21(25(31)16-26(22)32)24-13-14-28-30(24)23-8-6-5-7-18(23)2/h5-16,31-32H,4,17H2,1-3H3. The van der Waals surface area contributed by atoms with Gasteiger partial charge >= 0.3 is 0 Å². The monoisotopic (exact) mass is 441 g/mol. The number of carbonyl (C=O) groups excluding carboxylic acids is 1. The highest BCUT2D eigenvalue weighted by molar-refractivity contribution is 5.98. The lowest BCUT2D eigenvalue weighted by molar-refractivity contribution is 0.0782. The van der Waals surface area contributed by atoms with E-state index in [1.165, 1.54) is 17.7 Å². The van der Waals surface area contributed by atoms with E-state index in [0.29, 0.717) is 17.8 Å². The Bertz CT molecular complexity index is 1290. The number of carbonyl (C=O) groups is 1.